The summed E-state index contributed by atoms with van der Waals surface area (Å²) in [4.78, 5) is 16.8. The van der Waals surface area contributed by atoms with Crippen molar-refractivity contribution in [2.24, 2.45) is 11.1 Å². The summed E-state index contributed by atoms with van der Waals surface area (Å²) in [6.07, 6.45) is 5.44. The van der Waals surface area contributed by atoms with Crippen LogP contribution in [0.1, 0.15) is 32.1 Å². The molecule has 0 spiro atoms. The van der Waals surface area contributed by atoms with Crippen molar-refractivity contribution in [3.63, 3.8) is 0 Å². The van der Waals surface area contributed by atoms with Crippen molar-refractivity contribution in [2.75, 3.05) is 33.7 Å². The zero-order valence-electron chi connectivity index (χ0n) is 11.1. The van der Waals surface area contributed by atoms with E-state index in [1.54, 1.807) is 0 Å². The van der Waals surface area contributed by atoms with E-state index in [-0.39, 0.29) is 11.3 Å². The molecule has 0 aromatic rings. The number of hydrogen-bond acceptors (Lipinski definition) is 3. The first-order valence-corrected chi connectivity index (χ1v) is 6.75. The highest BCUT2D eigenvalue weighted by Gasteiger charge is 2.45. The van der Waals surface area contributed by atoms with Crippen LogP contribution in [0.25, 0.3) is 0 Å². The molecule has 4 heteroatoms. The highest BCUT2D eigenvalue weighted by molar-refractivity contribution is 5.84. The Kier molecular flexibility index (Phi) is 3.73. The van der Waals surface area contributed by atoms with Gasteiger partial charge in [-0.15, -0.1) is 0 Å². The van der Waals surface area contributed by atoms with Gasteiger partial charge in [-0.3, -0.25) is 4.79 Å². The van der Waals surface area contributed by atoms with E-state index < -0.39 is 0 Å². The summed E-state index contributed by atoms with van der Waals surface area (Å²) in [7, 11) is 4.09. The predicted molar refractivity (Wildman–Crippen MR) is 68.6 cm³/mol. The Morgan fingerprint density at radius 2 is 2.18 bits per heavy atom. The SMILES string of the molecule is CN1CCCC(N(C)C(=O)C2(CN)CCC2)C1. The van der Waals surface area contributed by atoms with E-state index in [4.69, 9.17) is 5.73 Å². The number of nitrogens with zero attached hydrogens (tertiary/aromatic N) is 2. The standard InChI is InChI=1S/C13H25N3O/c1-15-8-3-5-11(9-15)16(2)12(17)13(10-14)6-4-7-13/h11H,3-10,14H2,1-2H3. The number of likely N-dealkylation sites (tertiary alicyclic amines) is 1. The van der Waals surface area contributed by atoms with Crippen LogP contribution in [0.5, 0.6) is 0 Å². The van der Waals surface area contributed by atoms with Crippen LogP contribution in [0.2, 0.25) is 0 Å². The Labute approximate surface area is 104 Å². The second kappa shape index (κ2) is 4.94. The summed E-state index contributed by atoms with van der Waals surface area (Å²) in [5.41, 5.74) is 5.59. The molecule has 1 heterocycles. The first-order valence-electron chi connectivity index (χ1n) is 6.75. The van der Waals surface area contributed by atoms with Crippen molar-refractivity contribution in [1.82, 2.24) is 9.80 Å². The molecule has 2 N–H and O–H groups in total. The van der Waals surface area contributed by atoms with Crippen LogP contribution in [0.15, 0.2) is 0 Å². The molecular formula is C13H25N3O. The van der Waals surface area contributed by atoms with Gasteiger partial charge in [-0.05, 0) is 39.3 Å². The molecule has 17 heavy (non-hydrogen) atoms. The van der Waals surface area contributed by atoms with Crippen LogP contribution in [0, 0.1) is 5.41 Å². The van der Waals surface area contributed by atoms with Gasteiger partial charge >= 0.3 is 0 Å². The van der Waals surface area contributed by atoms with Crippen molar-refractivity contribution in [3.05, 3.63) is 0 Å². The lowest BCUT2D eigenvalue weighted by molar-refractivity contribution is -0.148. The lowest BCUT2D eigenvalue weighted by Gasteiger charge is -2.45. The lowest BCUT2D eigenvalue weighted by atomic mass is 9.67. The van der Waals surface area contributed by atoms with Crippen LogP contribution >= 0.6 is 0 Å². The maximum Gasteiger partial charge on any atom is 0.230 e. The minimum Gasteiger partial charge on any atom is -0.341 e. The summed E-state index contributed by atoms with van der Waals surface area (Å²) >= 11 is 0. The molecule has 2 fully saturated rings. The summed E-state index contributed by atoms with van der Waals surface area (Å²) in [5, 5.41) is 0. The summed E-state index contributed by atoms with van der Waals surface area (Å²) in [6, 6.07) is 0.380. The van der Waals surface area contributed by atoms with Crippen LogP contribution in [-0.4, -0.2) is 55.5 Å². The number of nitrogens with two attached hydrogens (primary N) is 1. The van der Waals surface area contributed by atoms with Crippen LogP contribution in [0.4, 0.5) is 0 Å². The number of carbonyl (C=O) groups is 1. The van der Waals surface area contributed by atoms with Gasteiger partial charge in [0.15, 0.2) is 0 Å². The number of piperidine rings is 1. The fourth-order valence-electron chi connectivity index (χ4n) is 3.10. The molecule has 1 atom stereocenters. The number of hydrogen-bond donors (Lipinski definition) is 1. The normalized spacial score (nSPS) is 28.5. The molecule has 4 nitrogen and oxygen atoms in total. The molecule has 1 aliphatic carbocycles. The van der Waals surface area contributed by atoms with Crippen molar-refractivity contribution in [2.45, 2.75) is 38.1 Å². The van der Waals surface area contributed by atoms with Gasteiger partial charge in [-0.1, -0.05) is 6.42 Å². The quantitative estimate of drug-likeness (QED) is 0.787. The molecule has 1 saturated heterocycles. The molecule has 1 saturated carbocycles. The van der Waals surface area contributed by atoms with E-state index in [2.05, 4.69) is 11.9 Å². The molecule has 1 unspecified atom stereocenters. The van der Waals surface area contributed by atoms with Crippen molar-refractivity contribution < 1.29 is 4.79 Å². The highest BCUT2D eigenvalue weighted by atomic mass is 16.2. The Morgan fingerprint density at radius 1 is 1.47 bits per heavy atom. The van der Waals surface area contributed by atoms with Gasteiger partial charge in [0.1, 0.15) is 0 Å². The molecular weight excluding hydrogens is 214 g/mol. The molecule has 0 aromatic heterocycles. The topological polar surface area (TPSA) is 49.6 Å². The van der Waals surface area contributed by atoms with Crippen molar-refractivity contribution in [3.8, 4) is 0 Å². The molecule has 98 valence electrons. The fraction of sp³-hybridized carbons (Fsp3) is 0.923. The largest absolute Gasteiger partial charge is 0.341 e. The van der Waals surface area contributed by atoms with Gasteiger partial charge in [-0.25, -0.2) is 0 Å². The van der Waals surface area contributed by atoms with E-state index in [0.717, 1.165) is 38.8 Å². The second-order valence-electron chi connectivity index (χ2n) is 5.81. The van der Waals surface area contributed by atoms with Gasteiger partial charge in [-0.2, -0.15) is 0 Å². The zero-order valence-corrected chi connectivity index (χ0v) is 11.1. The number of carbonyl (C=O) groups excluding carboxylic acids is 1. The van der Waals surface area contributed by atoms with E-state index in [9.17, 15) is 4.79 Å². The Hall–Kier alpha value is -0.610. The van der Waals surface area contributed by atoms with Gasteiger partial charge in [0.05, 0.1) is 5.41 Å². The van der Waals surface area contributed by atoms with Gasteiger partial charge in [0.25, 0.3) is 0 Å². The van der Waals surface area contributed by atoms with Crippen molar-refractivity contribution >= 4 is 5.91 Å². The van der Waals surface area contributed by atoms with Gasteiger partial charge in [0, 0.05) is 26.2 Å². The predicted octanol–water partition coefficient (Wildman–Crippen LogP) is 0.668. The Bertz CT molecular complexity index is 283. The summed E-state index contributed by atoms with van der Waals surface area (Å²) in [6.45, 7) is 2.67. The number of likely N-dealkylation sites (N-methyl/N-ethyl adjacent to an activating group) is 2. The number of amides is 1. The van der Waals surface area contributed by atoms with Crippen LogP contribution in [-0.2, 0) is 4.79 Å². The van der Waals surface area contributed by atoms with E-state index in [1.807, 2.05) is 11.9 Å². The minimum absolute atomic E-state index is 0.217. The van der Waals surface area contributed by atoms with E-state index >= 15 is 0 Å². The first-order chi connectivity index (χ1) is 8.09. The van der Waals surface area contributed by atoms with E-state index in [0.29, 0.717) is 12.6 Å². The zero-order chi connectivity index (χ0) is 12.5. The molecule has 0 aromatic carbocycles. The van der Waals surface area contributed by atoms with Crippen LogP contribution in [0.3, 0.4) is 0 Å². The molecule has 2 aliphatic rings. The first kappa shape index (κ1) is 12.8. The summed E-state index contributed by atoms with van der Waals surface area (Å²) < 4.78 is 0. The minimum atomic E-state index is -0.217. The van der Waals surface area contributed by atoms with E-state index in [1.165, 1.54) is 6.42 Å². The lowest BCUT2D eigenvalue weighted by Crippen LogP contribution is -2.56. The monoisotopic (exact) mass is 239 g/mol. The molecule has 0 bridgehead atoms. The third-order valence-corrected chi connectivity index (χ3v) is 4.62. The third-order valence-electron chi connectivity index (χ3n) is 4.62. The smallest absolute Gasteiger partial charge is 0.230 e. The van der Waals surface area contributed by atoms with Gasteiger partial charge < -0.3 is 15.5 Å². The Morgan fingerprint density at radius 3 is 2.65 bits per heavy atom. The Balaban J connectivity index is 1.98. The average Bonchev–Trinajstić information content (AvgIpc) is 2.27. The summed E-state index contributed by atoms with van der Waals surface area (Å²) in [5.74, 6) is 0.284. The van der Waals surface area contributed by atoms with Gasteiger partial charge in [0.2, 0.25) is 5.91 Å². The average molecular weight is 239 g/mol. The fourth-order valence-corrected chi connectivity index (χ4v) is 3.10. The third kappa shape index (κ3) is 2.33. The second-order valence-corrected chi connectivity index (χ2v) is 5.81. The van der Waals surface area contributed by atoms with Crippen LogP contribution < -0.4 is 5.73 Å². The molecule has 1 amide bonds. The molecule has 1 aliphatic heterocycles. The highest BCUT2D eigenvalue weighted by Crippen LogP contribution is 2.41. The maximum atomic E-state index is 12.5. The molecule has 0 radical (unpaired) electrons. The van der Waals surface area contributed by atoms with Crippen molar-refractivity contribution in [1.29, 1.82) is 0 Å². The molecule has 2 rings (SSSR count). The maximum absolute atomic E-state index is 12.5. The number of rotatable bonds is 3.